The van der Waals surface area contributed by atoms with Crippen LogP contribution < -0.4 is 0 Å². The third-order valence-corrected chi connectivity index (χ3v) is 3.39. The number of aromatic carboxylic acids is 1. The van der Waals surface area contributed by atoms with Crippen molar-refractivity contribution in [2.24, 2.45) is 0 Å². The first-order chi connectivity index (χ1) is 10.0. The lowest BCUT2D eigenvalue weighted by molar-refractivity contribution is 0.0699. The van der Waals surface area contributed by atoms with Crippen LogP contribution in [0.1, 0.15) is 10.4 Å². The van der Waals surface area contributed by atoms with Crippen molar-refractivity contribution in [1.82, 2.24) is 4.98 Å². The van der Waals surface area contributed by atoms with Gasteiger partial charge in [0.2, 0.25) is 0 Å². The number of carbonyl (C=O) groups is 1. The quantitative estimate of drug-likeness (QED) is 0.763. The highest BCUT2D eigenvalue weighted by Crippen LogP contribution is 2.26. The Labute approximate surface area is 124 Å². The Morgan fingerprint density at radius 3 is 2.48 bits per heavy atom. The number of halogens is 2. The van der Waals surface area contributed by atoms with Crippen LogP contribution in [0, 0.1) is 5.82 Å². The van der Waals surface area contributed by atoms with E-state index >= 15 is 0 Å². The lowest BCUT2D eigenvalue weighted by atomic mass is 10.0. The molecule has 0 aliphatic carbocycles. The molecular weight excluding hydrogens is 293 g/mol. The molecule has 1 N–H and O–H groups in total. The number of hydrogen-bond donors (Lipinski definition) is 1. The molecule has 0 saturated heterocycles. The highest BCUT2D eigenvalue weighted by Gasteiger charge is 2.13. The molecular formula is C16H9ClFNO2. The summed E-state index contributed by atoms with van der Waals surface area (Å²) in [6.45, 7) is 0. The number of aromatic nitrogens is 1. The Morgan fingerprint density at radius 1 is 1.10 bits per heavy atom. The standard InChI is InChI=1S/C16H9ClFNO2/c17-10-3-1-9(2-4-10)15-8-13(16(20)21)12-7-11(18)5-6-14(12)19-15/h1-8H,(H,20,21). The van der Waals surface area contributed by atoms with Crippen LogP contribution in [0.2, 0.25) is 5.02 Å². The fourth-order valence-corrected chi connectivity index (χ4v) is 2.27. The van der Waals surface area contributed by atoms with Crippen LogP contribution in [0.4, 0.5) is 4.39 Å². The molecule has 0 spiro atoms. The first kappa shape index (κ1) is 13.5. The van der Waals surface area contributed by atoms with Crippen LogP contribution in [0.3, 0.4) is 0 Å². The lowest BCUT2D eigenvalue weighted by Gasteiger charge is -2.07. The Morgan fingerprint density at radius 2 is 1.81 bits per heavy atom. The van der Waals surface area contributed by atoms with Crippen molar-refractivity contribution in [3.8, 4) is 11.3 Å². The fraction of sp³-hybridized carbons (Fsp3) is 0. The summed E-state index contributed by atoms with van der Waals surface area (Å²) < 4.78 is 13.3. The molecule has 0 saturated carbocycles. The molecule has 0 unspecified atom stereocenters. The van der Waals surface area contributed by atoms with Crippen molar-refractivity contribution in [1.29, 1.82) is 0 Å². The molecule has 0 fully saturated rings. The molecule has 0 atom stereocenters. The van der Waals surface area contributed by atoms with Crippen molar-refractivity contribution in [3.63, 3.8) is 0 Å². The number of rotatable bonds is 2. The molecule has 1 aromatic heterocycles. The van der Waals surface area contributed by atoms with Gasteiger partial charge < -0.3 is 5.11 Å². The number of benzene rings is 2. The number of pyridine rings is 1. The summed E-state index contributed by atoms with van der Waals surface area (Å²) in [7, 11) is 0. The van der Waals surface area contributed by atoms with Gasteiger partial charge in [-0.2, -0.15) is 0 Å². The van der Waals surface area contributed by atoms with Gasteiger partial charge >= 0.3 is 5.97 Å². The summed E-state index contributed by atoms with van der Waals surface area (Å²) in [4.78, 5) is 15.8. The fourth-order valence-electron chi connectivity index (χ4n) is 2.14. The molecule has 3 nitrogen and oxygen atoms in total. The zero-order valence-electron chi connectivity index (χ0n) is 10.7. The van der Waals surface area contributed by atoms with Crippen LogP contribution in [-0.4, -0.2) is 16.1 Å². The third-order valence-electron chi connectivity index (χ3n) is 3.14. The van der Waals surface area contributed by atoms with Crippen LogP contribution in [0.15, 0.2) is 48.5 Å². The lowest BCUT2D eigenvalue weighted by Crippen LogP contribution is -2.00. The van der Waals surface area contributed by atoms with Crippen molar-refractivity contribution < 1.29 is 14.3 Å². The van der Waals surface area contributed by atoms with E-state index < -0.39 is 11.8 Å². The van der Waals surface area contributed by atoms with Crippen molar-refractivity contribution in [3.05, 3.63) is 64.9 Å². The van der Waals surface area contributed by atoms with E-state index in [4.69, 9.17) is 11.6 Å². The number of carboxylic acid groups (broad SMARTS) is 1. The van der Waals surface area contributed by atoms with Crippen LogP contribution in [-0.2, 0) is 0 Å². The minimum atomic E-state index is -1.12. The predicted octanol–water partition coefficient (Wildman–Crippen LogP) is 4.39. The van der Waals surface area contributed by atoms with E-state index in [-0.39, 0.29) is 10.9 Å². The predicted molar refractivity (Wildman–Crippen MR) is 79.1 cm³/mol. The minimum absolute atomic E-state index is 0.0180. The van der Waals surface area contributed by atoms with Gasteiger partial charge in [0.15, 0.2) is 0 Å². The molecule has 0 amide bonds. The van der Waals surface area contributed by atoms with Gasteiger partial charge in [0, 0.05) is 16.0 Å². The molecule has 1 heterocycles. The van der Waals surface area contributed by atoms with Crippen molar-refractivity contribution >= 4 is 28.5 Å². The SMILES string of the molecule is O=C(O)c1cc(-c2ccc(Cl)cc2)nc2ccc(F)cc12. The van der Waals surface area contributed by atoms with Gasteiger partial charge in [-0.15, -0.1) is 0 Å². The number of fused-ring (bicyclic) bond motifs is 1. The van der Waals surface area contributed by atoms with E-state index in [0.29, 0.717) is 16.2 Å². The minimum Gasteiger partial charge on any atom is -0.478 e. The number of carboxylic acids is 1. The van der Waals surface area contributed by atoms with E-state index in [1.54, 1.807) is 24.3 Å². The van der Waals surface area contributed by atoms with Gasteiger partial charge in [0.25, 0.3) is 0 Å². The molecule has 5 heteroatoms. The zero-order valence-corrected chi connectivity index (χ0v) is 11.4. The highest BCUT2D eigenvalue weighted by atomic mass is 35.5. The molecule has 0 bridgehead atoms. The normalized spacial score (nSPS) is 10.8. The molecule has 3 rings (SSSR count). The monoisotopic (exact) mass is 301 g/mol. The summed E-state index contributed by atoms with van der Waals surface area (Å²) in [6.07, 6.45) is 0. The van der Waals surface area contributed by atoms with Crippen LogP contribution in [0.5, 0.6) is 0 Å². The summed E-state index contributed by atoms with van der Waals surface area (Å²) >= 11 is 5.84. The molecule has 0 aliphatic heterocycles. The maximum Gasteiger partial charge on any atom is 0.336 e. The number of hydrogen-bond acceptors (Lipinski definition) is 2. The van der Waals surface area contributed by atoms with Crippen molar-refractivity contribution in [2.75, 3.05) is 0 Å². The first-order valence-corrected chi connectivity index (χ1v) is 6.52. The summed E-state index contributed by atoms with van der Waals surface area (Å²) in [5.74, 6) is -1.62. The second kappa shape index (κ2) is 5.14. The van der Waals surface area contributed by atoms with Crippen LogP contribution >= 0.6 is 11.6 Å². The van der Waals surface area contributed by atoms with Crippen LogP contribution in [0.25, 0.3) is 22.2 Å². The molecule has 0 radical (unpaired) electrons. The van der Waals surface area contributed by atoms with E-state index in [1.807, 2.05) is 0 Å². The molecule has 0 aliphatic rings. The van der Waals surface area contributed by atoms with Gasteiger partial charge in [0.05, 0.1) is 16.8 Å². The summed E-state index contributed by atoms with van der Waals surface area (Å²) in [6, 6.07) is 12.3. The first-order valence-electron chi connectivity index (χ1n) is 6.14. The van der Waals surface area contributed by atoms with Gasteiger partial charge in [-0.1, -0.05) is 23.7 Å². The van der Waals surface area contributed by atoms with E-state index in [0.717, 1.165) is 5.56 Å². The van der Waals surface area contributed by atoms with E-state index in [1.165, 1.54) is 24.3 Å². The molecule has 21 heavy (non-hydrogen) atoms. The molecule has 3 aromatic rings. The maximum absolute atomic E-state index is 13.3. The van der Waals surface area contributed by atoms with Gasteiger partial charge in [-0.05, 0) is 36.4 Å². The van der Waals surface area contributed by atoms with Gasteiger partial charge in [-0.3, -0.25) is 0 Å². The van der Waals surface area contributed by atoms with Gasteiger partial charge in [0.1, 0.15) is 5.82 Å². The summed E-state index contributed by atoms with van der Waals surface area (Å²) in [5.41, 5.74) is 1.70. The Hall–Kier alpha value is -2.46. The van der Waals surface area contributed by atoms with Crippen molar-refractivity contribution in [2.45, 2.75) is 0 Å². The average Bonchev–Trinajstić information content (AvgIpc) is 2.46. The highest BCUT2D eigenvalue weighted by molar-refractivity contribution is 6.30. The Balaban J connectivity index is 2.28. The topological polar surface area (TPSA) is 50.2 Å². The third kappa shape index (κ3) is 2.58. The Bertz CT molecular complexity index is 847. The largest absolute Gasteiger partial charge is 0.478 e. The summed E-state index contributed by atoms with van der Waals surface area (Å²) in [5, 5.41) is 10.2. The molecule has 104 valence electrons. The van der Waals surface area contributed by atoms with E-state index in [9.17, 15) is 14.3 Å². The van der Waals surface area contributed by atoms with Gasteiger partial charge in [-0.25, -0.2) is 14.2 Å². The smallest absolute Gasteiger partial charge is 0.336 e. The second-order valence-electron chi connectivity index (χ2n) is 4.53. The van der Waals surface area contributed by atoms with E-state index in [2.05, 4.69) is 4.98 Å². The Kier molecular flexibility index (Phi) is 3.31. The zero-order chi connectivity index (χ0) is 15.0. The number of nitrogens with zero attached hydrogens (tertiary/aromatic N) is 1. The maximum atomic E-state index is 13.3. The average molecular weight is 302 g/mol. The second-order valence-corrected chi connectivity index (χ2v) is 4.97. The molecule has 2 aromatic carbocycles.